The molecule has 4 aliphatic rings. The molecule has 0 unspecified atom stereocenters. The highest BCUT2D eigenvalue weighted by Gasteiger charge is 2.49. The fraction of sp³-hybridized carbons (Fsp3) is 0.153. The molecule has 0 N–H and O–H groups in total. The lowest BCUT2D eigenvalue weighted by Gasteiger charge is -2.49. The Balaban J connectivity index is 0.910. The van der Waals surface area contributed by atoms with E-state index in [0.717, 1.165) is 5.92 Å². The molecule has 292 valence electrons. The number of rotatable bonds is 8. The molecule has 1 aromatic heterocycles. The van der Waals surface area contributed by atoms with Crippen molar-refractivity contribution in [3.05, 3.63) is 206 Å². The smallest absolute Gasteiger partial charge is 0.0541 e. The number of para-hydroxylation sites is 4. The number of fused-ring (bicyclic) bond motifs is 3. The summed E-state index contributed by atoms with van der Waals surface area (Å²) in [6.07, 6.45) is 6.15. The van der Waals surface area contributed by atoms with E-state index in [1.54, 1.807) is 0 Å². The number of nitrogens with zero attached hydrogens (tertiary/aromatic N) is 2. The van der Waals surface area contributed by atoms with Gasteiger partial charge < -0.3 is 9.47 Å². The highest BCUT2D eigenvalue weighted by molar-refractivity contribution is 6.09. The first-order valence-corrected chi connectivity index (χ1v) is 22.0. The monoisotopic (exact) mass is 782 g/mol. The van der Waals surface area contributed by atoms with E-state index < -0.39 is 0 Å². The van der Waals surface area contributed by atoms with Crippen molar-refractivity contribution in [1.29, 1.82) is 0 Å². The van der Waals surface area contributed by atoms with Crippen LogP contribution in [0.25, 0.3) is 60.9 Å². The van der Waals surface area contributed by atoms with Crippen molar-refractivity contribution in [3.8, 4) is 50.9 Å². The molecule has 13 rings (SSSR count). The second-order valence-electron chi connectivity index (χ2n) is 17.7. The first kappa shape index (κ1) is 35.8. The molecule has 0 saturated heterocycles. The van der Waals surface area contributed by atoms with Crippen LogP contribution in [0, 0.1) is 29.6 Å². The summed E-state index contributed by atoms with van der Waals surface area (Å²) in [6.45, 7) is 0. The minimum absolute atomic E-state index is 0.133. The Hall–Kier alpha value is -7.08. The quantitative estimate of drug-likeness (QED) is 0.139. The first-order valence-electron chi connectivity index (χ1n) is 22.0. The minimum Gasteiger partial charge on any atom is -0.310 e. The molecule has 61 heavy (non-hydrogen) atoms. The molecule has 2 saturated carbocycles. The Morgan fingerprint density at radius 2 is 0.902 bits per heavy atom. The fourth-order valence-electron chi connectivity index (χ4n) is 11.5. The Morgan fingerprint density at radius 1 is 0.426 bits per heavy atom. The van der Waals surface area contributed by atoms with Gasteiger partial charge in [0.05, 0.1) is 16.7 Å². The molecule has 2 fully saturated rings. The zero-order valence-electron chi connectivity index (χ0n) is 34.2. The van der Waals surface area contributed by atoms with Gasteiger partial charge in [-0.25, -0.2) is 0 Å². The molecule has 0 aliphatic heterocycles. The normalized spacial score (nSPS) is 20.0. The number of aromatic nitrogens is 1. The summed E-state index contributed by atoms with van der Waals surface area (Å²) in [7, 11) is 0. The molecule has 0 radical (unpaired) electrons. The average Bonchev–Trinajstić information content (AvgIpc) is 3.50. The number of hydrogen-bond acceptors (Lipinski definition) is 1. The van der Waals surface area contributed by atoms with Crippen LogP contribution in [0.2, 0.25) is 0 Å². The largest absolute Gasteiger partial charge is 0.310 e. The van der Waals surface area contributed by atoms with E-state index in [9.17, 15) is 0 Å². The predicted octanol–water partition coefficient (Wildman–Crippen LogP) is 15.3. The molecule has 4 aliphatic carbocycles. The standard InChI is InChI=1S/C59H46N2/c1-2-12-44(13-3-1)46-28-32-49(33-29-46)60(58-21-11-7-17-54(58)59-38-41-22-23-42(39-59)37-43(36-41)40-59)50-34-30-47(31-35-50)45-24-26-48(27-25-45)51-14-4-8-18-55(51)61-56-19-9-5-15-52(56)53-16-6-10-20-57(53)61/h1-21,24-35,41-43H,36-40H2/t41-,42-,43?,59?/m0/s1. The molecule has 2 atom stereocenters. The summed E-state index contributed by atoms with van der Waals surface area (Å²) in [5, 5.41) is 2.55. The maximum absolute atomic E-state index is 3.72. The van der Waals surface area contributed by atoms with E-state index in [1.165, 1.54) is 116 Å². The van der Waals surface area contributed by atoms with E-state index in [0.29, 0.717) is 11.8 Å². The van der Waals surface area contributed by atoms with Gasteiger partial charge in [-0.3, -0.25) is 0 Å². The van der Waals surface area contributed by atoms with Gasteiger partial charge in [-0.2, -0.15) is 0 Å². The van der Waals surface area contributed by atoms with Crippen molar-refractivity contribution in [3.63, 3.8) is 0 Å². The summed E-state index contributed by atoms with van der Waals surface area (Å²) in [5.74, 6) is 9.21. The topological polar surface area (TPSA) is 8.17 Å². The van der Waals surface area contributed by atoms with Crippen LogP contribution in [0.3, 0.4) is 0 Å². The van der Waals surface area contributed by atoms with E-state index in [1.807, 2.05) is 0 Å². The zero-order chi connectivity index (χ0) is 40.3. The second-order valence-corrected chi connectivity index (χ2v) is 17.7. The first-order chi connectivity index (χ1) is 30.2. The molecule has 0 spiro atoms. The Morgan fingerprint density at radius 3 is 1.52 bits per heavy atom. The van der Waals surface area contributed by atoms with Gasteiger partial charge >= 0.3 is 0 Å². The van der Waals surface area contributed by atoms with E-state index in [-0.39, 0.29) is 5.41 Å². The van der Waals surface area contributed by atoms with Gasteiger partial charge in [0.1, 0.15) is 0 Å². The van der Waals surface area contributed by atoms with Gasteiger partial charge in [-0.1, -0.05) is 164 Å². The second kappa shape index (κ2) is 14.6. The maximum atomic E-state index is 3.72. The minimum atomic E-state index is 0.133. The molecule has 2 heteroatoms. The third-order valence-corrected chi connectivity index (χ3v) is 14.0. The van der Waals surface area contributed by atoms with E-state index >= 15 is 0 Å². The van der Waals surface area contributed by atoms with Gasteiger partial charge in [0.25, 0.3) is 0 Å². The van der Waals surface area contributed by atoms with Crippen LogP contribution in [0.15, 0.2) is 200 Å². The summed E-state index contributed by atoms with van der Waals surface area (Å²) < 4.78 is 2.42. The van der Waals surface area contributed by atoms with Gasteiger partial charge in [0.15, 0.2) is 0 Å². The molecule has 2 nitrogen and oxygen atoms in total. The van der Waals surface area contributed by atoms with Gasteiger partial charge in [-0.15, -0.1) is 0 Å². The van der Waals surface area contributed by atoms with Crippen molar-refractivity contribution < 1.29 is 0 Å². The Labute approximate surface area is 358 Å². The lowest BCUT2D eigenvalue weighted by Crippen LogP contribution is -2.42. The third kappa shape index (κ3) is 6.19. The fourth-order valence-corrected chi connectivity index (χ4v) is 11.5. The number of anilines is 3. The average molecular weight is 783 g/mol. The lowest BCUT2D eigenvalue weighted by atomic mass is 9.55. The number of hydrogen-bond donors (Lipinski definition) is 0. The van der Waals surface area contributed by atoms with Crippen molar-refractivity contribution >= 4 is 38.9 Å². The van der Waals surface area contributed by atoms with Crippen molar-refractivity contribution in [1.82, 2.24) is 4.57 Å². The molecule has 1 heterocycles. The maximum Gasteiger partial charge on any atom is 0.0541 e. The highest BCUT2D eigenvalue weighted by atomic mass is 15.1. The molecular formula is C59H46N2. The van der Waals surface area contributed by atoms with Crippen LogP contribution in [0.1, 0.15) is 37.7 Å². The molecule has 8 aromatic carbocycles. The van der Waals surface area contributed by atoms with Crippen molar-refractivity contribution in [2.24, 2.45) is 17.8 Å². The SMILES string of the molecule is C1#C[C@H]2CC3C[C@H]1CC(c1ccccc1N(c1ccc(-c4ccccc4)cc1)c1ccc(-c4ccc(-c5ccccc5-n5c6ccccc6c6ccccc65)cc4)cc1)(C3)C2. The van der Waals surface area contributed by atoms with E-state index in [4.69, 9.17) is 0 Å². The van der Waals surface area contributed by atoms with Crippen molar-refractivity contribution in [2.45, 2.75) is 37.5 Å². The molecule has 4 bridgehead atoms. The predicted molar refractivity (Wildman–Crippen MR) is 255 cm³/mol. The molecular weight excluding hydrogens is 737 g/mol. The van der Waals surface area contributed by atoms with Gasteiger partial charge in [0.2, 0.25) is 0 Å². The Kier molecular flexibility index (Phi) is 8.56. The van der Waals surface area contributed by atoms with Crippen LogP contribution in [-0.2, 0) is 5.41 Å². The Bertz CT molecular complexity index is 3050. The zero-order valence-corrected chi connectivity index (χ0v) is 34.2. The van der Waals surface area contributed by atoms with Gasteiger partial charge in [0, 0.05) is 45.2 Å². The summed E-state index contributed by atoms with van der Waals surface area (Å²) in [4.78, 5) is 2.51. The van der Waals surface area contributed by atoms with Crippen molar-refractivity contribution in [2.75, 3.05) is 4.90 Å². The summed E-state index contributed by atoms with van der Waals surface area (Å²) in [6, 6.07) is 73.8. The van der Waals surface area contributed by atoms with Gasteiger partial charge in [-0.05, 0) is 125 Å². The van der Waals surface area contributed by atoms with Crippen LogP contribution < -0.4 is 4.90 Å². The molecule has 9 aromatic rings. The van der Waals surface area contributed by atoms with Crippen LogP contribution in [0.5, 0.6) is 0 Å². The summed E-state index contributed by atoms with van der Waals surface area (Å²) >= 11 is 0. The third-order valence-electron chi connectivity index (χ3n) is 14.0. The van der Waals surface area contributed by atoms with Crippen LogP contribution in [0.4, 0.5) is 17.1 Å². The molecule has 0 amide bonds. The van der Waals surface area contributed by atoms with Crippen LogP contribution in [-0.4, -0.2) is 4.57 Å². The lowest BCUT2D eigenvalue weighted by molar-refractivity contribution is 0.109. The highest BCUT2D eigenvalue weighted by Crippen LogP contribution is 2.58. The number of benzene rings is 8. The van der Waals surface area contributed by atoms with E-state index in [2.05, 4.69) is 221 Å². The van der Waals surface area contributed by atoms with Crippen LogP contribution >= 0.6 is 0 Å². The summed E-state index contributed by atoms with van der Waals surface area (Å²) in [5.41, 5.74) is 16.1.